The Morgan fingerprint density at radius 3 is 2.92 bits per heavy atom. The Balaban J connectivity index is 2.84. The Labute approximate surface area is 79.0 Å². The smallest absolute Gasteiger partial charge is 0.126 e. The van der Waals surface area contributed by atoms with E-state index in [1.807, 2.05) is 6.07 Å². The van der Waals surface area contributed by atoms with E-state index >= 15 is 0 Å². The van der Waals surface area contributed by atoms with Gasteiger partial charge in [-0.15, -0.1) is 0 Å². The van der Waals surface area contributed by atoms with Crippen LogP contribution in [-0.4, -0.2) is 0 Å². The van der Waals surface area contributed by atoms with Crippen LogP contribution >= 0.6 is 15.9 Å². The summed E-state index contributed by atoms with van der Waals surface area (Å²) in [4.78, 5) is 0. The fourth-order valence-corrected chi connectivity index (χ4v) is 1.33. The van der Waals surface area contributed by atoms with Crippen molar-refractivity contribution in [2.45, 2.75) is 12.8 Å². The summed E-state index contributed by atoms with van der Waals surface area (Å²) in [5.41, 5.74) is 0.589. The molecule has 0 aliphatic carbocycles. The van der Waals surface area contributed by atoms with E-state index in [1.54, 1.807) is 12.1 Å². The van der Waals surface area contributed by atoms with Crippen LogP contribution in [0.3, 0.4) is 0 Å². The highest BCUT2D eigenvalue weighted by molar-refractivity contribution is 9.10. The average Bonchev–Trinajstić information content (AvgIpc) is 2.07. The van der Waals surface area contributed by atoms with Crippen molar-refractivity contribution in [1.29, 1.82) is 5.26 Å². The molecule has 12 heavy (non-hydrogen) atoms. The standard InChI is InChI=1S/C9H7BrFN/c10-8-3-4-9(11)7(6-8)2-1-5-12/h3-4,6H,1-2H2. The first kappa shape index (κ1) is 9.21. The number of aryl methyl sites for hydroxylation is 1. The summed E-state index contributed by atoms with van der Waals surface area (Å²) in [6, 6.07) is 6.73. The zero-order valence-corrected chi connectivity index (χ0v) is 7.94. The van der Waals surface area contributed by atoms with Gasteiger partial charge in [0, 0.05) is 10.9 Å². The number of hydrogen-bond donors (Lipinski definition) is 0. The summed E-state index contributed by atoms with van der Waals surface area (Å²) in [6.45, 7) is 0. The van der Waals surface area contributed by atoms with E-state index in [2.05, 4.69) is 15.9 Å². The summed E-state index contributed by atoms with van der Waals surface area (Å²) < 4.78 is 13.8. The summed E-state index contributed by atoms with van der Waals surface area (Å²) in [6.07, 6.45) is 0.829. The maximum absolute atomic E-state index is 13.0. The van der Waals surface area contributed by atoms with Gasteiger partial charge in [0.1, 0.15) is 5.82 Å². The summed E-state index contributed by atoms with van der Waals surface area (Å²) in [5.74, 6) is -0.242. The van der Waals surface area contributed by atoms with Crippen LogP contribution in [0.1, 0.15) is 12.0 Å². The molecule has 0 aliphatic heterocycles. The number of nitrogens with zero attached hydrogens (tertiary/aromatic N) is 1. The van der Waals surface area contributed by atoms with Crippen LogP contribution in [0.15, 0.2) is 22.7 Å². The van der Waals surface area contributed by atoms with Gasteiger partial charge in [-0.25, -0.2) is 4.39 Å². The Kier molecular flexibility index (Phi) is 3.24. The van der Waals surface area contributed by atoms with Crippen LogP contribution < -0.4 is 0 Å². The van der Waals surface area contributed by atoms with E-state index in [0.29, 0.717) is 18.4 Å². The molecule has 0 unspecified atom stereocenters. The van der Waals surface area contributed by atoms with E-state index in [9.17, 15) is 4.39 Å². The second kappa shape index (κ2) is 4.22. The predicted octanol–water partition coefficient (Wildman–Crippen LogP) is 3.04. The van der Waals surface area contributed by atoms with E-state index in [4.69, 9.17) is 5.26 Å². The predicted molar refractivity (Wildman–Crippen MR) is 48.0 cm³/mol. The zero-order valence-electron chi connectivity index (χ0n) is 6.35. The van der Waals surface area contributed by atoms with Gasteiger partial charge in [-0.1, -0.05) is 15.9 Å². The van der Waals surface area contributed by atoms with Gasteiger partial charge in [-0.2, -0.15) is 5.26 Å². The molecule has 0 heterocycles. The molecular weight excluding hydrogens is 221 g/mol. The van der Waals surface area contributed by atoms with Gasteiger partial charge >= 0.3 is 0 Å². The van der Waals surface area contributed by atoms with Crippen molar-refractivity contribution in [1.82, 2.24) is 0 Å². The molecule has 0 saturated heterocycles. The molecule has 0 saturated carbocycles. The molecule has 0 spiro atoms. The number of benzene rings is 1. The highest BCUT2D eigenvalue weighted by atomic mass is 79.9. The molecule has 1 aromatic rings. The molecule has 0 aliphatic rings. The van der Waals surface area contributed by atoms with Gasteiger partial charge in [0.2, 0.25) is 0 Å². The van der Waals surface area contributed by atoms with E-state index in [1.165, 1.54) is 6.07 Å². The maximum Gasteiger partial charge on any atom is 0.126 e. The summed E-state index contributed by atoms with van der Waals surface area (Å²) in [5, 5.41) is 8.30. The van der Waals surface area contributed by atoms with Crippen LogP contribution in [0, 0.1) is 17.1 Å². The molecule has 0 fully saturated rings. The zero-order chi connectivity index (χ0) is 8.97. The molecule has 0 aromatic heterocycles. The lowest BCUT2D eigenvalue weighted by Crippen LogP contribution is -1.89. The van der Waals surface area contributed by atoms with Gasteiger partial charge < -0.3 is 0 Å². The van der Waals surface area contributed by atoms with Gasteiger partial charge in [0.15, 0.2) is 0 Å². The monoisotopic (exact) mass is 227 g/mol. The Bertz CT molecular complexity index is 317. The van der Waals surface area contributed by atoms with Crippen molar-refractivity contribution in [2.24, 2.45) is 0 Å². The molecular formula is C9H7BrFN. The van der Waals surface area contributed by atoms with Crippen LogP contribution in [0.2, 0.25) is 0 Å². The lowest BCUT2D eigenvalue weighted by molar-refractivity contribution is 0.609. The first-order chi connectivity index (χ1) is 5.74. The van der Waals surface area contributed by atoms with Crippen molar-refractivity contribution in [3.05, 3.63) is 34.1 Å². The molecule has 0 bridgehead atoms. The first-order valence-electron chi connectivity index (χ1n) is 3.55. The molecule has 0 N–H and O–H groups in total. The molecule has 0 radical (unpaired) electrons. The fourth-order valence-electron chi connectivity index (χ4n) is 0.925. The highest BCUT2D eigenvalue weighted by Crippen LogP contribution is 2.16. The molecule has 1 aromatic carbocycles. The molecule has 0 amide bonds. The third-order valence-electron chi connectivity index (χ3n) is 1.51. The third kappa shape index (κ3) is 2.31. The Morgan fingerprint density at radius 2 is 2.25 bits per heavy atom. The normalized spacial score (nSPS) is 9.42. The number of nitriles is 1. The van der Waals surface area contributed by atoms with Gasteiger partial charge in [-0.3, -0.25) is 0 Å². The SMILES string of the molecule is N#CCCc1cc(Br)ccc1F. The van der Waals surface area contributed by atoms with Crippen LogP contribution in [0.25, 0.3) is 0 Å². The minimum atomic E-state index is -0.242. The average molecular weight is 228 g/mol. The second-order valence-corrected chi connectivity index (χ2v) is 3.31. The minimum Gasteiger partial charge on any atom is -0.207 e. The van der Waals surface area contributed by atoms with Crippen molar-refractivity contribution >= 4 is 15.9 Å². The topological polar surface area (TPSA) is 23.8 Å². The molecule has 0 atom stereocenters. The Hall–Kier alpha value is -0.880. The molecule has 62 valence electrons. The highest BCUT2D eigenvalue weighted by Gasteiger charge is 2.01. The lowest BCUT2D eigenvalue weighted by atomic mass is 10.1. The van der Waals surface area contributed by atoms with E-state index in [0.717, 1.165) is 4.47 Å². The number of hydrogen-bond acceptors (Lipinski definition) is 1. The number of rotatable bonds is 2. The van der Waals surface area contributed by atoms with Crippen molar-refractivity contribution < 1.29 is 4.39 Å². The minimum absolute atomic E-state index is 0.242. The van der Waals surface area contributed by atoms with Crippen molar-refractivity contribution in [2.75, 3.05) is 0 Å². The maximum atomic E-state index is 13.0. The molecule has 1 nitrogen and oxygen atoms in total. The fraction of sp³-hybridized carbons (Fsp3) is 0.222. The summed E-state index contributed by atoms with van der Waals surface area (Å²) in [7, 11) is 0. The van der Waals surface area contributed by atoms with Gasteiger partial charge in [0.25, 0.3) is 0 Å². The lowest BCUT2D eigenvalue weighted by Gasteiger charge is -1.99. The van der Waals surface area contributed by atoms with Crippen LogP contribution in [-0.2, 0) is 6.42 Å². The van der Waals surface area contributed by atoms with E-state index < -0.39 is 0 Å². The third-order valence-corrected chi connectivity index (χ3v) is 2.01. The van der Waals surface area contributed by atoms with Crippen LogP contribution in [0.5, 0.6) is 0 Å². The number of halogens is 2. The molecule has 1 rings (SSSR count). The van der Waals surface area contributed by atoms with Gasteiger partial charge in [-0.05, 0) is 30.2 Å². The first-order valence-corrected chi connectivity index (χ1v) is 4.34. The largest absolute Gasteiger partial charge is 0.207 e. The quantitative estimate of drug-likeness (QED) is 0.763. The van der Waals surface area contributed by atoms with Crippen LogP contribution in [0.4, 0.5) is 4.39 Å². The second-order valence-electron chi connectivity index (χ2n) is 2.39. The Morgan fingerprint density at radius 1 is 1.50 bits per heavy atom. The van der Waals surface area contributed by atoms with E-state index in [-0.39, 0.29) is 5.82 Å². The van der Waals surface area contributed by atoms with Crippen molar-refractivity contribution in [3.63, 3.8) is 0 Å². The van der Waals surface area contributed by atoms with Gasteiger partial charge in [0.05, 0.1) is 6.07 Å². The van der Waals surface area contributed by atoms with Crippen molar-refractivity contribution in [3.8, 4) is 6.07 Å². The summed E-state index contributed by atoms with van der Waals surface area (Å²) >= 11 is 3.24. The molecule has 3 heteroatoms.